The highest BCUT2D eigenvalue weighted by atomic mass is 35.5. The fourth-order valence-corrected chi connectivity index (χ4v) is 2.50. The van der Waals surface area contributed by atoms with Crippen LogP contribution in [0.3, 0.4) is 0 Å². The Hall–Kier alpha value is -2.48. The Bertz CT molecular complexity index is 914. The summed E-state index contributed by atoms with van der Waals surface area (Å²) >= 11 is 5.80. The van der Waals surface area contributed by atoms with Gasteiger partial charge in [0.25, 0.3) is 5.56 Å². The second kappa shape index (κ2) is 8.75. The van der Waals surface area contributed by atoms with E-state index in [1.165, 1.54) is 10.9 Å². The number of ether oxygens (including phenoxy) is 2. The Morgan fingerprint density at radius 2 is 1.96 bits per heavy atom. The van der Waals surface area contributed by atoms with Crippen LogP contribution in [-0.2, 0) is 11.3 Å². The number of aliphatic hydroxyl groups is 1. The monoisotopic (exact) mass is 375 g/mol. The Labute approximate surface area is 154 Å². The van der Waals surface area contributed by atoms with E-state index in [2.05, 4.69) is 9.97 Å². The Morgan fingerprint density at radius 1 is 1.15 bits per heavy atom. The van der Waals surface area contributed by atoms with E-state index in [0.29, 0.717) is 35.0 Å². The van der Waals surface area contributed by atoms with Crippen LogP contribution in [0.2, 0.25) is 5.02 Å². The van der Waals surface area contributed by atoms with E-state index < -0.39 is 6.10 Å². The van der Waals surface area contributed by atoms with Gasteiger partial charge in [-0.15, -0.1) is 0 Å². The summed E-state index contributed by atoms with van der Waals surface area (Å²) < 4.78 is 12.2. The number of aromatic nitrogens is 3. The van der Waals surface area contributed by atoms with E-state index in [-0.39, 0.29) is 18.7 Å². The Kier molecular flexibility index (Phi) is 6.17. The molecule has 0 saturated carbocycles. The van der Waals surface area contributed by atoms with Crippen molar-refractivity contribution in [3.8, 4) is 5.75 Å². The van der Waals surface area contributed by atoms with Crippen molar-refractivity contribution in [3.05, 3.63) is 64.3 Å². The summed E-state index contributed by atoms with van der Waals surface area (Å²) in [6.07, 6.45) is 2.12. The van der Waals surface area contributed by atoms with Gasteiger partial charge >= 0.3 is 0 Å². The summed E-state index contributed by atoms with van der Waals surface area (Å²) in [6.45, 7) is 0.835. The highest BCUT2D eigenvalue weighted by Crippen LogP contribution is 2.15. The van der Waals surface area contributed by atoms with Crippen molar-refractivity contribution in [3.63, 3.8) is 0 Å². The lowest BCUT2D eigenvalue weighted by atomic mass is 10.3. The van der Waals surface area contributed by atoms with Crippen LogP contribution in [0, 0.1) is 0 Å². The summed E-state index contributed by atoms with van der Waals surface area (Å²) in [6, 6.07) is 10.4. The fourth-order valence-electron chi connectivity index (χ4n) is 2.38. The average molecular weight is 376 g/mol. The van der Waals surface area contributed by atoms with Crippen molar-refractivity contribution in [1.82, 2.24) is 14.5 Å². The van der Waals surface area contributed by atoms with Crippen molar-refractivity contribution in [1.29, 1.82) is 0 Å². The largest absolute Gasteiger partial charge is 0.491 e. The van der Waals surface area contributed by atoms with Crippen LogP contribution in [0.1, 0.15) is 0 Å². The van der Waals surface area contributed by atoms with Crippen LogP contribution in [0.25, 0.3) is 11.0 Å². The molecule has 2 aromatic heterocycles. The maximum atomic E-state index is 12.3. The van der Waals surface area contributed by atoms with Gasteiger partial charge in [0.15, 0.2) is 5.65 Å². The zero-order valence-electron chi connectivity index (χ0n) is 13.9. The number of fused-ring (bicyclic) bond motifs is 1. The zero-order valence-corrected chi connectivity index (χ0v) is 14.7. The highest BCUT2D eigenvalue weighted by Gasteiger charge is 2.10. The summed E-state index contributed by atoms with van der Waals surface area (Å²) in [5.41, 5.74) is 0.145. The minimum Gasteiger partial charge on any atom is -0.491 e. The molecule has 1 aromatic carbocycles. The number of halogens is 1. The van der Waals surface area contributed by atoms with Crippen LogP contribution in [-0.4, -0.2) is 45.6 Å². The molecule has 0 amide bonds. The third-order valence-electron chi connectivity index (χ3n) is 3.63. The van der Waals surface area contributed by atoms with E-state index in [1.54, 1.807) is 42.6 Å². The Morgan fingerprint density at radius 3 is 2.77 bits per heavy atom. The topological polar surface area (TPSA) is 86.5 Å². The SMILES string of the molecule is O=c1c2cccnc2ncn1CC(O)COCCOc1ccc(Cl)cc1. The predicted molar refractivity (Wildman–Crippen MR) is 97.6 cm³/mol. The number of nitrogens with zero attached hydrogens (tertiary/aromatic N) is 3. The molecule has 0 spiro atoms. The number of benzene rings is 1. The number of pyridine rings is 1. The first-order chi connectivity index (χ1) is 12.6. The molecule has 1 unspecified atom stereocenters. The summed E-state index contributed by atoms with van der Waals surface area (Å²) in [7, 11) is 0. The van der Waals surface area contributed by atoms with Crippen molar-refractivity contribution in [2.24, 2.45) is 0 Å². The first-order valence-electron chi connectivity index (χ1n) is 8.08. The van der Waals surface area contributed by atoms with Crippen LogP contribution in [0.5, 0.6) is 5.75 Å². The minimum atomic E-state index is -0.834. The van der Waals surface area contributed by atoms with Gasteiger partial charge in [-0.25, -0.2) is 9.97 Å². The maximum Gasteiger partial charge on any atom is 0.262 e. The van der Waals surface area contributed by atoms with Gasteiger partial charge in [-0.2, -0.15) is 0 Å². The molecule has 8 heteroatoms. The van der Waals surface area contributed by atoms with Gasteiger partial charge in [0.1, 0.15) is 18.7 Å². The van der Waals surface area contributed by atoms with E-state index in [0.717, 1.165) is 0 Å². The molecule has 2 heterocycles. The first kappa shape index (κ1) is 18.3. The van der Waals surface area contributed by atoms with Crippen molar-refractivity contribution >= 4 is 22.6 Å². The molecule has 7 nitrogen and oxygen atoms in total. The van der Waals surface area contributed by atoms with Crippen LogP contribution in [0.4, 0.5) is 0 Å². The van der Waals surface area contributed by atoms with Crippen molar-refractivity contribution in [2.75, 3.05) is 19.8 Å². The van der Waals surface area contributed by atoms with E-state index >= 15 is 0 Å². The Balaban J connectivity index is 1.44. The normalized spacial score (nSPS) is 12.2. The molecule has 0 saturated heterocycles. The molecule has 0 radical (unpaired) electrons. The molecular weight excluding hydrogens is 358 g/mol. The number of hydrogen-bond donors (Lipinski definition) is 1. The molecule has 0 aliphatic carbocycles. The summed E-state index contributed by atoms with van der Waals surface area (Å²) in [5, 5.41) is 11.1. The predicted octanol–water partition coefficient (Wildman–Crippen LogP) is 1.90. The molecule has 136 valence electrons. The summed E-state index contributed by atoms with van der Waals surface area (Å²) in [5.74, 6) is 0.695. The van der Waals surface area contributed by atoms with Gasteiger partial charge in [-0.3, -0.25) is 9.36 Å². The van der Waals surface area contributed by atoms with Crippen LogP contribution in [0.15, 0.2) is 53.7 Å². The van der Waals surface area contributed by atoms with E-state index in [1.807, 2.05) is 0 Å². The molecule has 0 fully saturated rings. The molecule has 26 heavy (non-hydrogen) atoms. The van der Waals surface area contributed by atoms with Crippen LogP contribution < -0.4 is 10.3 Å². The molecule has 1 atom stereocenters. The molecule has 1 N–H and O–H groups in total. The lowest BCUT2D eigenvalue weighted by molar-refractivity contribution is 0.0169. The second-order valence-electron chi connectivity index (χ2n) is 5.61. The number of aliphatic hydroxyl groups excluding tert-OH is 1. The molecule has 3 rings (SSSR count). The van der Waals surface area contributed by atoms with Gasteiger partial charge in [0, 0.05) is 11.2 Å². The molecular formula is C18H18ClN3O4. The van der Waals surface area contributed by atoms with E-state index in [4.69, 9.17) is 21.1 Å². The van der Waals surface area contributed by atoms with E-state index in [9.17, 15) is 9.90 Å². The number of hydrogen-bond acceptors (Lipinski definition) is 6. The lowest BCUT2D eigenvalue weighted by Crippen LogP contribution is -2.30. The van der Waals surface area contributed by atoms with Crippen LogP contribution >= 0.6 is 11.6 Å². The van der Waals surface area contributed by atoms with Gasteiger partial charge in [-0.1, -0.05) is 11.6 Å². The lowest BCUT2D eigenvalue weighted by Gasteiger charge is -2.13. The van der Waals surface area contributed by atoms with Crippen molar-refractivity contribution < 1.29 is 14.6 Å². The fraction of sp³-hybridized carbons (Fsp3) is 0.278. The highest BCUT2D eigenvalue weighted by molar-refractivity contribution is 6.30. The average Bonchev–Trinajstić information content (AvgIpc) is 2.65. The second-order valence-corrected chi connectivity index (χ2v) is 6.04. The maximum absolute atomic E-state index is 12.3. The van der Waals surface area contributed by atoms with Gasteiger partial charge in [0.05, 0.1) is 31.2 Å². The van der Waals surface area contributed by atoms with Crippen molar-refractivity contribution in [2.45, 2.75) is 12.6 Å². The smallest absolute Gasteiger partial charge is 0.262 e. The zero-order chi connectivity index (χ0) is 18.4. The number of rotatable bonds is 8. The first-order valence-corrected chi connectivity index (χ1v) is 8.45. The molecule has 3 aromatic rings. The third kappa shape index (κ3) is 4.78. The summed E-state index contributed by atoms with van der Waals surface area (Å²) in [4.78, 5) is 20.5. The third-order valence-corrected chi connectivity index (χ3v) is 3.88. The quantitative estimate of drug-likeness (QED) is 0.605. The van der Waals surface area contributed by atoms with Gasteiger partial charge in [-0.05, 0) is 36.4 Å². The molecule has 0 aliphatic heterocycles. The standard InChI is InChI=1S/C18H18ClN3O4/c19-13-3-5-15(6-4-13)26-9-8-25-11-14(23)10-22-12-21-17-16(18(22)24)2-1-7-20-17/h1-7,12,14,23H,8-11H2. The molecule has 0 bridgehead atoms. The minimum absolute atomic E-state index is 0.0848. The van der Waals surface area contributed by atoms with Gasteiger partial charge in [0.2, 0.25) is 0 Å². The molecule has 0 aliphatic rings. The van der Waals surface area contributed by atoms with Gasteiger partial charge < -0.3 is 14.6 Å².